The van der Waals surface area contributed by atoms with Crippen LogP contribution in [0.5, 0.6) is 0 Å². The third-order valence-corrected chi connectivity index (χ3v) is 3.22. The van der Waals surface area contributed by atoms with Crippen molar-refractivity contribution in [2.75, 3.05) is 17.6 Å². The molecular weight excluding hydrogens is 258 g/mol. The minimum atomic E-state index is -0.110. The van der Waals surface area contributed by atoms with Crippen LogP contribution in [-0.2, 0) is 11.8 Å². The van der Waals surface area contributed by atoms with Crippen LogP contribution in [0.3, 0.4) is 0 Å². The number of thiazole rings is 1. The first-order valence-corrected chi connectivity index (χ1v) is 7.15. The van der Waals surface area contributed by atoms with Gasteiger partial charge in [-0.1, -0.05) is 20.8 Å². The summed E-state index contributed by atoms with van der Waals surface area (Å²) in [5.74, 6) is 2.02. The molecule has 0 aliphatic carbocycles. The van der Waals surface area contributed by atoms with Gasteiger partial charge in [0.15, 0.2) is 0 Å². The van der Waals surface area contributed by atoms with Gasteiger partial charge in [0.05, 0.1) is 11.2 Å². The Morgan fingerprint density at radius 3 is 2.74 bits per heavy atom. The molecule has 0 saturated heterocycles. The van der Waals surface area contributed by atoms with Crippen molar-refractivity contribution in [3.63, 3.8) is 0 Å². The molecule has 6 heteroatoms. The molecule has 0 aromatic carbocycles. The van der Waals surface area contributed by atoms with Crippen LogP contribution in [0, 0.1) is 0 Å². The first-order valence-electron chi connectivity index (χ1n) is 6.21. The topological polar surface area (TPSA) is 76.7 Å². The Morgan fingerprint density at radius 1 is 1.32 bits per heavy atom. The number of nitrogen functional groups attached to an aromatic ring is 1. The van der Waals surface area contributed by atoms with Crippen LogP contribution in [0.15, 0.2) is 17.0 Å². The maximum Gasteiger partial charge on any atom is 0.138 e. The molecule has 0 spiro atoms. The van der Waals surface area contributed by atoms with E-state index in [-0.39, 0.29) is 5.41 Å². The normalized spacial score (nSPS) is 11.5. The molecular formula is C13H19N5S. The highest BCUT2D eigenvalue weighted by atomic mass is 32.1. The molecule has 0 saturated carbocycles. The monoisotopic (exact) mass is 277 g/mol. The van der Waals surface area contributed by atoms with Crippen molar-refractivity contribution >= 4 is 23.0 Å². The van der Waals surface area contributed by atoms with E-state index in [0.29, 0.717) is 5.82 Å². The second-order valence-corrected chi connectivity index (χ2v) is 6.13. The number of hydrogen-bond donors (Lipinski definition) is 2. The zero-order valence-corrected chi connectivity index (χ0v) is 12.3. The van der Waals surface area contributed by atoms with Gasteiger partial charge in [-0.3, -0.25) is 0 Å². The van der Waals surface area contributed by atoms with E-state index in [1.165, 1.54) is 0 Å². The van der Waals surface area contributed by atoms with Crippen molar-refractivity contribution in [2.24, 2.45) is 0 Å². The van der Waals surface area contributed by atoms with Gasteiger partial charge in [-0.25, -0.2) is 15.0 Å². The number of aromatic nitrogens is 3. The quantitative estimate of drug-likeness (QED) is 0.897. The highest BCUT2D eigenvalue weighted by Gasteiger charge is 2.18. The van der Waals surface area contributed by atoms with E-state index in [0.717, 1.165) is 30.3 Å². The second kappa shape index (κ2) is 5.52. The molecule has 0 bridgehead atoms. The molecule has 0 aliphatic heterocycles. The fourth-order valence-corrected chi connectivity index (χ4v) is 2.16. The first kappa shape index (κ1) is 13.7. The zero-order chi connectivity index (χ0) is 13.9. The van der Waals surface area contributed by atoms with E-state index in [4.69, 9.17) is 5.73 Å². The van der Waals surface area contributed by atoms with Gasteiger partial charge in [0.2, 0.25) is 0 Å². The Balaban J connectivity index is 2.02. The molecule has 3 N–H and O–H groups in total. The van der Waals surface area contributed by atoms with Gasteiger partial charge < -0.3 is 11.1 Å². The number of hydrogen-bond acceptors (Lipinski definition) is 6. The molecule has 0 radical (unpaired) electrons. The molecule has 19 heavy (non-hydrogen) atoms. The van der Waals surface area contributed by atoms with Crippen molar-refractivity contribution in [3.05, 3.63) is 28.5 Å². The summed E-state index contributed by atoms with van der Waals surface area (Å²) in [6, 6.07) is 1.76. The lowest BCUT2D eigenvalue weighted by Crippen LogP contribution is -2.18. The number of nitrogens with two attached hydrogens (primary N) is 1. The summed E-state index contributed by atoms with van der Waals surface area (Å²) in [7, 11) is 0. The summed E-state index contributed by atoms with van der Waals surface area (Å²) in [6.45, 7) is 6.99. The lowest BCUT2D eigenvalue weighted by molar-refractivity contribution is 0.547. The summed E-state index contributed by atoms with van der Waals surface area (Å²) in [6.07, 6.45) is 0.873. The Bertz CT molecular complexity index is 530. The molecule has 0 fully saturated rings. The zero-order valence-electron chi connectivity index (χ0n) is 11.5. The van der Waals surface area contributed by atoms with Gasteiger partial charge in [0.1, 0.15) is 17.5 Å². The van der Waals surface area contributed by atoms with Gasteiger partial charge >= 0.3 is 0 Å². The van der Waals surface area contributed by atoms with Crippen LogP contribution >= 0.6 is 11.3 Å². The van der Waals surface area contributed by atoms with Crippen LogP contribution in [0.25, 0.3) is 0 Å². The molecule has 5 nitrogen and oxygen atoms in total. The van der Waals surface area contributed by atoms with E-state index in [2.05, 4.69) is 46.4 Å². The fraction of sp³-hybridized carbons (Fsp3) is 0.462. The summed E-state index contributed by atoms with van der Waals surface area (Å²) < 4.78 is 0. The minimum Gasteiger partial charge on any atom is -0.384 e. The highest BCUT2D eigenvalue weighted by Crippen LogP contribution is 2.21. The Kier molecular flexibility index (Phi) is 3.99. The molecule has 2 heterocycles. The van der Waals surface area contributed by atoms with Crippen molar-refractivity contribution in [1.82, 2.24) is 15.0 Å². The molecule has 2 aromatic rings. The maximum absolute atomic E-state index is 5.82. The summed E-state index contributed by atoms with van der Waals surface area (Å²) in [4.78, 5) is 13.0. The predicted octanol–water partition coefficient (Wildman–Crippen LogP) is 2.47. The van der Waals surface area contributed by atoms with Crippen molar-refractivity contribution in [3.8, 4) is 0 Å². The van der Waals surface area contributed by atoms with Gasteiger partial charge in [-0.15, -0.1) is 11.3 Å². The predicted molar refractivity (Wildman–Crippen MR) is 79.5 cm³/mol. The van der Waals surface area contributed by atoms with E-state index in [9.17, 15) is 0 Å². The number of anilines is 2. The van der Waals surface area contributed by atoms with Crippen LogP contribution in [0.1, 0.15) is 32.3 Å². The third-order valence-electron chi connectivity index (χ3n) is 2.59. The first-order chi connectivity index (χ1) is 8.95. The van der Waals surface area contributed by atoms with E-state index < -0.39 is 0 Å². The van der Waals surface area contributed by atoms with Crippen LogP contribution < -0.4 is 11.1 Å². The van der Waals surface area contributed by atoms with Gasteiger partial charge in [-0.05, 0) is 0 Å². The minimum absolute atomic E-state index is 0.110. The smallest absolute Gasteiger partial charge is 0.138 e. The summed E-state index contributed by atoms with van der Waals surface area (Å²) >= 11 is 1.61. The molecule has 0 unspecified atom stereocenters. The van der Waals surface area contributed by atoms with Crippen LogP contribution in [0.2, 0.25) is 0 Å². The maximum atomic E-state index is 5.82. The third kappa shape index (κ3) is 3.89. The molecule has 0 atom stereocenters. The molecule has 0 aliphatic rings. The lowest BCUT2D eigenvalue weighted by Gasteiger charge is -2.18. The summed E-state index contributed by atoms with van der Waals surface area (Å²) in [5.41, 5.74) is 8.65. The van der Waals surface area contributed by atoms with Crippen molar-refractivity contribution in [1.29, 1.82) is 0 Å². The molecule has 2 aromatic heterocycles. The fourth-order valence-electron chi connectivity index (χ4n) is 1.57. The lowest BCUT2D eigenvalue weighted by atomic mass is 9.96. The van der Waals surface area contributed by atoms with E-state index >= 15 is 0 Å². The van der Waals surface area contributed by atoms with E-state index in [1.54, 1.807) is 17.4 Å². The number of nitrogens with one attached hydrogen (secondary N) is 1. The standard InChI is InChI=1S/C13H19N5S/c1-13(2,3)12-17-10(14)6-11(18-12)15-5-4-9-7-19-8-16-9/h6-8H,4-5H2,1-3H3,(H3,14,15,17,18). The average molecular weight is 277 g/mol. The summed E-state index contributed by atoms with van der Waals surface area (Å²) in [5, 5.41) is 5.32. The molecule has 102 valence electrons. The molecule has 0 amide bonds. The van der Waals surface area contributed by atoms with Gasteiger partial charge in [-0.2, -0.15) is 0 Å². The Morgan fingerprint density at radius 2 is 2.11 bits per heavy atom. The van der Waals surface area contributed by atoms with E-state index in [1.807, 2.05) is 5.51 Å². The average Bonchev–Trinajstić information content (AvgIpc) is 2.80. The van der Waals surface area contributed by atoms with Crippen LogP contribution in [-0.4, -0.2) is 21.5 Å². The van der Waals surface area contributed by atoms with Gasteiger partial charge in [0, 0.05) is 29.8 Å². The largest absolute Gasteiger partial charge is 0.384 e. The van der Waals surface area contributed by atoms with Crippen molar-refractivity contribution < 1.29 is 0 Å². The highest BCUT2D eigenvalue weighted by molar-refractivity contribution is 7.07. The second-order valence-electron chi connectivity index (χ2n) is 5.41. The Labute approximate surface area is 117 Å². The van der Waals surface area contributed by atoms with Gasteiger partial charge in [0.25, 0.3) is 0 Å². The number of nitrogens with zero attached hydrogens (tertiary/aromatic N) is 3. The van der Waals surface area contributed by atoms with Crippen molar-refractivity contribution in [2.45, 2.75) is 32.6 Å². The SMILES string of the molecule is CC(C)(C)c1nc(N)cc(NCCc2cscn2)n1. The Hall–Kier alpha value is -1.69. The number of rotatable bonds is 4. The van der Waals surface area contributed by atoms with Crippen LogP contribution in [0.4, 0.5) is 11.6 Å². The molecule has 2 rings (SSSR count).